The molecule has 0 fully saturated rings. The molecule has 8 heteroatoms. The Morgan fingerprint density at radius 2 is 2.00 bits per heavy atom. The highest BCUT2D eigenvalue weighted by molar-refractivity contribution is 8.13. The second kappa shape index (κ2) is 3.84. The highest BCUT2D eigenvalue weighted by atomic mass is 35.7. The lowest BCUT2D eigenvalue weighted by atomic mass is 10.5. The second-order valence-corrected chi connectivity index (χ2v) is 5.59. The van der Waals surface area contributed by atoms with Gasteiger partial charge in [-0.05, 0) is 14.1 Å². The maximum atomic E-state index is 11.0. The fourth-order valence-electron chi connectivity index (χ4n) is 0.978. The number of hydrogen-bond acceptors (Lipinski definition) is 5. The first-order chi connectivity index (χ1) is 6.32. The third-order valence-electron chi connectivity index (χ3n) is 1.60. The first kappa shape index (κ1) is 11.4. The Morgan fingerprint density at radius 1 is 1.43 bits per heavy atom. The summed E-state index contributed by atoms with van der Waals surface area (Å²) >= 11 is 0. The summed E-state index contributed by atoms with van der Waals surface area (Å²) in [6.07, 6.45) is 0. The fraction of sp³-hybridized carbons (Fsp3) is 0.667. The van der Waals surface area contributed by atoms with E-state index in [1.807, 2.05) is 19.0 Å². The fourth-order valence-corrected chi connectivity index (χ4v) is 1.95. The van der Waals surface area contributed by atoms with Crippen LogP contribution >= 0.6 is 10.7 Å². The largest absolute Gasteiger partial charge is 0.303 e. The van der Waals surface area contributed by atoms with E-state index in [1.165, 1.54) is 4.57 Å². The van der Waals surface area contributed by atoms with Gasteiger partial charge < -0.3 is 9.47 Å². The second-order valence-electron chi connectivity index (χ2n) is 3.13. The molecule has 1 heterocycles. The van der Waals surface area contributed by atoms with Crippen molar-refractivity contribution >= 4 is 19.7 Å². The van der Waals surface area contributed by atoms with E-state index >= 15 is 0 Å². The van der Waals surface area contributed by atoms with Crippen LogP contribution in [0.1, 0.15) is 5.82 Å². The summed E-state index contributed by atoms with van der Waals surface area (Å²) in [6, 6.07) is 0. The summed E-state index contributed by atoms with van der Waals surface area (Å²) in [4.78, 5) is 1.86. The van der Waals surface area contributed by atoms with Crippen molar-refractivity contribution < 1.29 is 8.42 Å². The predicted molar refractivity (Wildman–Crippen MR) is 51.4 cm³/mol. The minimum Gasteiger partial charge on any atom is -0.303 e. The van der Waals surface area contributed by atoms with E-state index in [1.54, 1.807) is 7.05 Å². The average molecular weight is 239 g/mol. The monoisotopic (exact) mass is 238 g/mol. The van der Waals surface area contributed by atoms with E-state index < -0.39 is 9.05 Å². The maximum absolute atomic E-state index is 11.0. The lowest BCUT2D eigenvalue weighted by Crippen LogP contribution is -2.15. The number of nitrogens with zero attached hydrogens (tertiary/aromatic N) is 4. The third kappa shape index (κ3) is 2.43. The molecule has 0 N–H and O–H groups in total. The minimum atomic E-state index is -3.81. The van der Waals surface area contributed by atoms with Crippen molar-refractivity contribution in [2.24, 2.45) is 7.05 Å². The molecule has 1 aromatic heterocycles. The molecule has 0 aliphatic carbocycles. The molecule has 0 saturated heterocycles. The van der Waals surface area contributed by atoms with Gasteiger partial charge in [-0.15, -0.1) is 10.2 Å². The maximum Gasteiger partial charge on any atom is 0.296 e. The zero-order chi connectivity index (χ0) is 10.9. The molecule has 0 aromatic carbocycles. The van der Waals surface area contributed by atoms with Crippen LogP contribution in [0.3, 0.4) is 0 Å². The SMILES string of the molecule is CN(C)Cc1nnc(S(=O)(=O)Cl)n1C. The quantitative estimate of drug-likeness (QED) is 0.683. The molecule has 0 amide bonds. The Labute approximate surface area is 86.9 Å². The third-order valence-corrected chi connectivity index (χ3v) is 2.81. The van der Waals surface area contributed by atoms with Crippen LogP contribution in [0.25, 0.3) is 0 Å². The molecule has 1 aromatic rings. The first-order valence-corrected chi connectivity index (χ1v) is 6.11. The molecule has 0 saturated carbocycles. The summed E-state index contributed by atoms with van der Waals surface area (Å²) < 4.78 is 23.3. The molecule has 1 rings (SSSR count). The van der Waals surface area contributed by atoms with Crippen LogP contribution in [0.4, 0.5) is 0 Å². The highest BCUT2D eigenvalue weighted by Gasteiger charge is 2.20. The van der Waals surface area contributed by atoms with Crippen molar-refractivity contribution in [3.8, 4) is 0 Å². The summed E-state index contributed by atoms with van der Waals surface area (Å²) in [5, 5.41) is 7.01. The Morgan fingerprint density at radius 3 is 2.36 bits per heavy atom. The smallest absolute Gasteiger partial charge is 0.296 e. The molecule has 14 heavy (non-hydrogen) atoms. The molecule has 6 nitrogen and oxygen atoms in total. The summed E-state index contributed by atoms with van der Waals surface area (Å²) in [5.41, 5.74) is 0. The zero-order valence-electron chi connectivity index (χ0n) is 8.10. The van der Waals surface area contributed by atoms with E-state index in [-0.39, 0.29) is 5.16 Å². The van der Waals surface area contributed by atoms with E-state index in [0.717, 1.165) is 0 Å². The van der Waals surface area contributed by atoms with E-state index in [9.17, 15) is 8.42 Å². The lowest BCUT2D eigenvalue weighted by molar-refractivity contribution is 0.382. The normalized spacial score (nSPS) is 12.4. The van der Waals surface area contributed by atoms with Gasteiger partial charge in [0.2, 0.25) is 0 Å². The van der Waals surface area contributed by atoms with Gasteiger partial charge in [-0.1, -0.05) is 0 Å². The molecule has 0 atom stereocenters. The molecular formula is C6H11ClN4O2S. The molecule has 0 unspecified atom stereocenters. The van der Waals surface area contributed by atoms with Gasteiger partial charge in [0.05, 0.1) is 6.54 Å². The summed E-state index contributed by atoms with van der Waals surface area (Å²) in [7, 11) is 6.61. The molecule has 0 bridgehead atoms. The topological polar surface area (TPSA) is 68.1 Å². The molecule has 0 aliphatic heterocycles. The Hall–Kier alpha value is -0.660. The molecule has 0 radical (unpaired) electrons. The van der Waals surface area contributed by atoms with Crippen molar-refractivity contribution in [1.29, 1.82) is 0 Å². The standard InChI is InChI=1S/C6H11ClN4O2S/c1-10(2)4-5-8-9-6(11(5)3)14(7,12)13/h4H2,1-3H3. The molecular weight excluding hydrogens is 228 g/mol. The van der Waals surface area contributed by atoms with Crippen LogP contribution < -0.4 is 0 Å². The van der Waals surface area contributed by atoms with Crippen LogP contribution in [0.5, 0.6) is 0 Å². The van der Waals surface area contributed by atoms with Crippen LogP contribution in [-0.4, -0.2) is 42.2 Å². The van der Waals surface area contributed by atoms with Gasteiger partial charge >= 0.3 is 0 Å². The highest BCUT2D eigenvalue weighted by Crippen LogP contribution is 2.12. The van der Waals surface area contributed by atoms with E-state index in [0.29, 0.717) is 12.4 Å². The van der Waals surface area contributed by atoms with Gasteiger partial charge in [-0.25, -0.2) is 8.42 Å². The first-order valence-electron chi connectivity index (χ1n) is 3.80. The Balaban J connectivity index is 3.09. The minimum absolute atomic E-state index is 0.226. The van der Waals surface area contributed by atoms with Crippen molar-refractivity contribution in [3.63, 3.8) is 0 Å². The molecule has 80 valence electrons. The van der Waals surface area contributed by atoms with E-state index in [4.69, 9.17) is 10.7 Å². The van der Waals surface area contributed by atoms with E-state index in [2.05, 4.69) is 10.2 Å². The van der Waals surface area contributed by atoms with Crippen molar-refractivity contribution in [3.05, 3.63) is 5.82 Å². The summed E-state index contributed by atoms with van der Waals surface area (Å²) in [6.45, 7) is 0.510. The van der Waals surface area contributed by atoms with Gasteiger partial charge in [0, 0.05) is 17.7 Å². The van der Waals surface area contributed by atoms with Crippen molar-refractivity contribution in [1.82, 2.24) is 19.7 Å². The number of halogens is 1. The number of hydrogen-bond donors (Lipinski definition) is 0. The molecule has 0 aliphatic rings. The van der Waals surface area contributed by atoms with Gasteiger partial charge in [-0.3, -0.25) is 0 Å². The summed E-state index contributed by atoms with van der Waals surface area (Å²) in [5.74, 6) is 0.550. The van der Waals surface area contributed by atoms with Gasteiger partial charge in [-0.2, -0.15) is 0 Å². The number of aromatic nitrogens is 3. The predicted octanol–water partition coefficient (Wildman–Crippen LogP) is -0.196. The van der Waals surface area contributed by atoms with Crippen molar-refractivity contribution in [2.75, 3.05) is 14.1 Å². The van der Waals surface area contributed by atoms with Crippen LogP contribution in [0.15, 0.2) is 5.16 Å². The lowest BCUT2D eigenvalue weighted by Gasteiger charge is -2.08. The van der Waals surface area contributed by atoms with Gasteiger partial charge in [0.1, 0.15) is 5.82 Å². The van der Waals surface area contributed by atoms with Crippen molar-refractivity contribution in [2.45, 2.75) is 11.7 Å². The van der Waals surface area contributed by atoms with Crippen LogP contribution in [0, 0.1) is 0 Å². The van der Waals surface area contributed by atoms with Gasteiger partial charge in [0.25, 0.3) is 14.2 Å². The average Bonchev–Trinajstić information content (AvgIpc) is 2.30. The Bertz CT molecular complexity index is 425. The van der Waals surface area contributed by atoms with Crippen LogP contribution in [-0.2, 0) is 22.6 Å². The molecule has 0 spiro atoms. The number of rotatable bonds is 3. The Kier molecular flexibility index (Phi) is 3.13. The zero-order valence-corrected chi connectivity index (χ0v) is 9.67. The van der Waals surface area contributed by atoms with Crippen LogP contribution in [0.2, 0.25) is 0 Å². The van der Waals surface area contributed by atoms with Gasteiger partial charge in [0.15, 0.2) is 0 Å².